The van der Waals surface area contributed by atoms with E-state index in [-0.39, 0.29) is 5.97 Å². The first-order valence-electron chi connectivity index (χ1n) is 5.51. The van der Waals surface area contributed by atoms with Gasteiger partial charge in [0.25, 0.3) is 0 Å². The summed E-state index contributed by atoms with van der Waals surface area (Å²) >= 11 is 0. The van der Waals surface area contributed by atoms with Gasteiger partial charge in [0, 0.05) is 19.6 Å². The molecule has 3 heteroatoms. The molecule has 2 atom stereocenters. The second-order valence-electron chi connectivity index (χ2n) is 4.27. The van der Waals surface area contributed by atoms with E-state index in [4.69, 9.17) is 4.74 Å². The van der Waals surface area contributed by atoms with Crippen molar-refractivity contribution in [2.45, 2.75) is 27.2 Å². The predicted molar refractivity (Wildman–Crippen MR) is 56.0 cm³/mol. The van der Waals surface area contributed by atoms with Gasteiger partial charge >= 0.3 is 5.97 Å². The van der Waals surface area contributed by atoms with Crippen molar-refractivity contribution in [3.05, 3.63) is 0 Å². The molecule has 0 bridgehead atoms. The fraction of sp³-hybridized carbons (Fsp3) is 0.909. The zero-order chi connectivity index (χ0) is 10.6. The Morgan fingerprint density at radius 1 is 1.36 bits per heavy atom. The van der Waals surface area contributed by atoms with Crippen LogP contribution in [0, 0.1) is 11.8 Å². The molecule has 1 rings (SSSR count). The van der Waals surface area contributed by atoms with Gasteiger partial charge in [0.05, 0.1) is 13.0 Å². The third-order valence-electron chi connectivity index (χ3n) is 3.00. The van der Waals surface area contributed by atoms with Crippen LogP contribution in [0.15, 0.2) is 0 Å². The van der Waals surface area contributed by atoms with Crippen molar-refractivity contribution in [3.63, 3.8) is 0 Å². The molecule has 0 aliphatic carbocycles. The van der Waals surface area contributed by atoms with E-state index in [2.05, 4.69) is 18.7 Å². The molecule has 0 saturated carbocycles. The summed E-state index contributed by atoms with van der Waals surface area (Å²) in [7, 11) is 0. The molecule has 3 nitrogen and oxygen atoms in total. The van der Waals surface area contributed by atoms with E-state index in [1.165, 1.54) is 0 Å². The lowest BCUT2D eigenvalue weighted by molar-refractivity contribution is -0.143. The Balaban J connectivity index is 2.17. The Morgan fingerprint density at radius 2 is 1.93 bits per heavy atom. The molecule has 1 aliphatic rings. The first-order valence-corrected chi connectivity index (χ1v) is 5.51. The zero-order valence-electron chi connectivity index (χ0n) is 9.45. The first kappa shape index (κ1) is 11.5. The van der Waals surface area contributed by atoms with E-state index in [9.17, 15) is 4.79 Å². The van der Waals surface area contributed by atoms with E-state index in [1.807, 2.05) is 6.92 Å². The van der Waals surface area contributed by atoms with Gasteiger partial charge < -0.3 is 9.64 Å². The Hall–Kier alpha value is -0.570. The van der Waals surface area contributed by atoms with Crippen LogP contribution in [0.5, 0.6) is 0 Å². The molecule has 1 saturated heterocycles. The van der Waals surface area contributed by atoms with Crippen LogP contribution in [-0.2, 0) is 9.53 Å². The van der Waals surface area contributed by atoms with E-state index in [1.54, 1.807) is 0 Å². The third kappa shape index (κ3) is 3.29. The van der Waals surface area contributed by atoms with Gasteiger partial charge in [-0.2, -0.15) is 0 Å². The van der Waals surface area contributed by atoms with E-state index in [0.29, 0.717) is 13.0 Å². The average Bonchev–Trinajstić information content (AvgIpc) is 2.44. The number of likely N-dealkylation sites (tertiary alicyclic amines) is 1. The van der Waals surface area contributed by atoms with Crippen LogP contribution in [0.2, 0.25) is 0 Å². The van der Waals surface area contributed by atoms with Crippen LogP contribution >= 0.6 is 0 Å². The topological polar surface area (TPSA) is 29.5 Å². The number of hydrogen-bond acceptors (Lipinski definition) is 3. The summed E-state index contributed by atoms with van der Waals surface area (Å²) in [6.45, 7) is 9.99. The number of carbonyl (C=O) groups is 1. The van der Waals surface area contributed by atoms with Crippen molar-refractivity contribution in [2.24, 2.45) is 11.8 Å². The summed E-state index contributed by atoms with van der Waals surface area (Å²) in [4.78, 5) is 13.5. The quantitative estimate of drug-likeness (QED) is 0.643. The van der Waals surface area contributed by atoms with Crippen LogP contribution in [0.4, 0.5) is 0 Å². The molecule has 0 aromatic rings. The predicted octanol–water partition coefficient (Wildman–Crippen LogP) is 1.53. The highest BCUT2D eigenvalue weighted by Gasteiger charge is 2.25. The molecule has 0 spiro atoms. The number of nitrogens with zero attached hydrogens (tertiary/aromatic N) is 1. The Morgan fingerprint density at radius 3 is 2.43 bits per heavy atom. The maximum Gasteiger partial charge on any atom is 0.307 e. The molecule has 1 fully saturated rings. The van der Waals surface area contributed by atoms with Gasteiger partial charge in [-0.1, -0.05) is 13.8 Å². The molecular formula is C11H21NO2. The van der Waals surface area contributed by atoms with E-state index >= 15 is 0 Å². The second kappa shape index (κ2) is 5.35. The lowest BCUT2D eigenvalue weighted by Crippen LogP contribution is -2.24. The van der Waals surface area contributed by atoms with E-state index < -0.39 is 0 Å². The van der Waals surface area contributed by atoms with Crippen molar-refractivity contribution < 1.29 is 9.53 Å². The van der Waals surface area contributed by atoms with Crippen LogP contribution in [-0.4, -0.2) is 37.1 Å². The minimum absolute atomic E-state index is 0.0697. The molecule has 1 heterocycles. The van der Waals surface area contributed by atoms with Gasteiger partial charge in [-0.15, -0.1) is 0 Å². The van der Waals surface area contributed by atoms with E-state index in [0.717, 1.165) is 31.5 Å². The molecule has 14 heavy (non-hydrogen) atoms. The Kier molecular flexibility index (Phi) is 4.39. The zero-order valence-corrected chi connectivity index (χ0v) is 9.45. The smallest absolute Gasteiger partial charge is 0.307 e. The summed E-state index contributed by atoms with van der Waals surface area (Å²) < 4.78 is 4.89. The molecule has 2 unspecified atom stereocenters. The van der Waals surface area contributed by atoms with Gasteiger partial charge in [0.2, 0.25) is 0 Å². The Labute approximate surface area is 86.4 Å². The summed E-state index contributed by atoms with van der Waals surface area (Å²) in [5.41, 5.74) is 0. The third-order valence-corrected chi connectivity index (χ3v) is 3.00. The van der Waals surface area contributed by atoms with Crippen LogP contribution in [0.3, 0.4) is 0 Å². The number of esters is 1. The molecule has 82 valence electrons. The minimum atomic E-state index is -0.0697. The fourth-order valence-corrected chi connectivity index (χ4v) is 1.91. The monoisotopic (exact) mass is 199 g/mol. The summed E-state index contributed by atoms with van der Waals surface area (Å²) in [6.07, 6.45) is 0.535. The minimum Gasteiger partial charge on any atom is -0.466 e. The SMILES string of the molecule is CCOC(=O)CCN1CC(C)C(C)C1. The average molecular weight is 199 g/mol. The fourth-order valence-electron chi connectivity index (χ4n) is 1.91. The second-order valence-corrected chi connectivity index (χ2v) is 4.27. The molecule has 0 amide bonds. The highest BCUT2D eigenvalue weighted by Crippen LogP contribution is 2.21. The number of rotatable bonds is 4. The Bertz CT molecular complexity index is 184. The van der Waals surface area contributed by atoms with Crippen LogP contribution in [0.1, 0.15) is 27.2 Å². The van der Waals surface area contributed by atoms with Gasteiger partial charge in [-0.25, -0.2) is 0 Å². The molecule has 0 aromatic carbocycles. The summed E-state index contributed by atoms with van der Waals surface area (Å²) in [5.74, 6) is 1.45. The lowest BCUT2D eigenvalue weighted by atomic mass is 10.0. The highest BCUT2D eigenvalue weighted by atomic mass is 16.5. The molecule has 1 aliphatic heterocycles. The van der Waals surface area contributed by atoms with Crippen molar-refractivity contribution >= 4 is 5.97 Å². The van der Waals surface area contributed by atoms with Crippen molar-refractivity contribution in [3.8, 4) is 0 Å². The lowest BCUT2D eigenvalue weighted by Gasteiger charge is -2.14. The van der Waals surface area contributed by atoms with Gasteiger partial charge in [0.15, 0.2) is 0 Å². The maximum absolute atomic E-state index is 11.1. The van der Waals surface area contributed by atoms with Crippen molar-refractivity contribution in [1.82, 2.24) is 4.90 Å². The molecule has 0 N–H and O–H groups in total. The summed E-state index contributed by atoms with van der Waals surface area (Å²) in [6, 6.07) is 0. The van der Waals surface area contributed by atoms with Crippen LogP contribution < -0.4 is 0 Å². The van der Waals surface area contributed by atoms with Gasteiger partial charge in [-0.3, -0.25) is 4.79 Å². The van der Waals surface area contributed by atoms with Gasteiger partial charge in [-0.05, 0) is 18.8 Å². The van der Waals surface area contributed by atoms with Crippen LogP contribution in [0.25, 0.3) is 0 Å². The van der Waals surface area contributed by atoms with Crippen molar-refractivity contribution in [1.29, 1.82) is 0 Å². The highest BCUT2D eigenvalue weighted by molar-refractivity contribution is 5.69. The standard InChI is InChI=1S/C11H21NO2/c1-4-14-11(13)5-6-12-7-9(2)10(3)8-12/h9-10H,4-8H2,1-3H3. The largest absolute Gasteiger partial charge is 0.466 e. The normalized spacial score (nSPS) is 27.9. The number of hydrogen-bond donors (Lipinski definition) is 0. The first-order chi connectivity index (χ1) is 6.63. The maximum atomic E-state index is 11.1. The summed E-state index contributed by atoms with van der Waals surface area (Å²) in [5, 5.41) is 0. The molecular weight excluding hydrogens is 178 g/mol. The van der Waals surface area contributed by atoms with Crippen molar-refractivity contribution in [2.75, 3.05) is 26.2 Å². The molecule has 0 aromatic heterocycles. The van der Waals surface area contributed by atoms with Gasteiger partial charge in [0.1, 0.15) is 0 Å². The number of ether oxygens (including phenoxy) is 1. The number of carbonyl (C=O) groups excluding carboxylic acids is 1. The molecule has 0 radical (unpaired) electrons.